The lowest BCUT2D eigenvalue weighted by molar-refractivity contribution is -0.276. The standard InChI is InChI=1S/C8H8F3NO3/c1-4-3-5(14-2)6(13)12-7(4)15-8(9,10)11/h3H,1-2H3,(H,12,13). The molecule has 84 valence electrons. The number of rotatable bonds is 2. The van der Waals surface area contributed by atoms with Gasteiger partial charge in [0.25, 0.3) is 5.56 Å². The maximum atomic E-state index is 11.9. The molecule has 1 aromatic rings. The van der Waals surface area contributed by atoms with E-state index in [4.69, 9.17) is 0 Å². The summed E-state index contributed by atoms with van der Waals surface area (Å²) in [5.41, 5.74) is -0.647. The number of hydrogen-bond donors (Lipinski definition) is 1. The van der Waals surface area contributed by atoms with Crippen LogP contribution in [0.4, 0.5) is 13.2 Å². The zero-order valence-corrected chi connectivity index (χ0v) is 7.94. The van der Waals surface area contributed by atoms with Gasteiger partial charge >= 0.3 is 6.36 Å². The summed E-state index contributed by atoms with van der Waals surface area (Å²) in [4.78, 5) is 13.0. The summed E-state index contributed by atoms with van der Waals surface area (Å²) in [6, 6.07) is 1.17. The number of halogens is 3. The number of ether oxygens (including phenoxy) is 2. The largest absolute Gasteiger partial charge is 0.574 e. The molecule has 1 rings (SSSR count). The summed E-state index contributed by atoms with van der Waals surface area (Å²) in [6.45, 7) is 1.36. The Hall–Kier alpha value is -1.66. The normalized spacial score (nSPS) is 11.3. The van der Waals surface area contributed by atoms with Gasteiger partial charge in [0.1, 0.15) is 0 Å². The van der Waals surface area contributed by atoms with Crippen LogP contribution < -0.4 is 15.0 Å². The predicted octanol–water partition coefficient (Wildman–Crippen LogP) is 1.59. The smallest absolute Gasteiger partial charge is 0.491 e. The summed E-state index contributed by atoms with van der Waals surface area (Å²) in [5.74, 6) is -0.699. The van der Waals surface area contributed by atoms with Crippen LogP contribution in [0.3, 0.4) is 0 Å². The molecule has 0 aliphatic carbocycles. The van der Waals surface area contributed by atoms with Gasteiger partial charge in [-0.2, -0.15) is 0 Å². The number of aryl methyl sites for hydroxylation is 1. The number of pyridine rings is 1. The molecule has 0 radical (unpaired) electrons. The van der Waals surface area contributed by atoms with Crippen molar-refractivity contribution in [1.29, 1.82) is 0 Å². The van der Waals surface area contributed by atoms with Gasteiger partial charge in [0.2, 0.25) is 5.88 Å². The fourth-order valence-corrected chi connectivity index (χ4v) is 0.964. The van der Waals surface area contributed by atoms with Crippen molar-refractivity contribution in [3.05, 3.63) is 22.0 Å². The Labute approximate surface area is 82.6 Å². The van der Waals surface area contributed by atoms with Crippen molar-refractivity contribution in [1.82, 2.24) is 4.98 Å². The van der Waals surface area contributed by atoms with E-state index in [1.165, 1.54) is 20.1 Å². The first-order valence-corrected chi connectivity index (χ1v) is 3.87. The number of methoxy groups -OCH3 is 1. The van der Waals surface area contributed by atoms with Gasteiger partial charge in [0.15, 0.2) is 5.75 Å². The first-order chi connectivity index (χ1) is 6.83. The molecule has 7 heteroatoms. The monoisotopic (exact) mass is 223 g/mol. The minimum absolute atomic E-state index is 0.0676. The summed E-state index contributed by atoms with van der Waals surface area (Å²) in [5, 5.41) is 0. The van der Waals surface area contributed by atoms with Crippen LogP contribution in [-0.4, -0.2) is 18.5 Å². The SMILES string of the molecule is COc1cc(C)c(OC(F)(F)F)[nH]c1=O. The third kappa shape index (κ3) is 2.90. The van der Waals surface area contributed by atoms with Crippen LogP contribution in [0.15, 0.2) is 10.9 Å². The fraction of sp³-hybridized carbons (Fsp3) is 0.375. The van der Waals surface area contributed by atoms with Crippen LogP contribution in [-0.2, 0) is 0 Å². The van der Waals surface area contributed by atoms with E-state index < -0.39 is 17.8 Å². The molecule has 1 aromatic heterocycles. The average Bonchev–Trinajstić information content (AvgIpc) is 2.08. The van der Waals surface area contributed by atoms with Crippen LogP contribution in [0, 0.1) is 6.92 Å². The molecule has 0 bridgehead atoms. The van der Waals surface area contributed by atoms with Gasteiger partial charge in [-0.1, -0.05) is 0 Å². The highest BCUT2D eigenvalue weighted by Gasteiger charge is 2.32. The number of H-pyrrole nitrogens is 1. The quantitative estimate of drug-likeness (QED) is 0.828. The lowest BCUT2D eigenvalue weighted by Gasteiger charge is -2.11. The predicted molar refractivity (Wildman–Crippen MR) is 45.0 cm³/mol. The van der Waals surface area contributed by atoms with E-state index in [2.05, 4.69) is 9.47 Å². The van der Waals surface area contributed by atoms with Crippen LogP contribution >= 0.6 is 0 Å². The molecule has 1 heterocycles. The Morgan fingerprint density at radius 3 is 2.47 bits per heavy atom. The number of hydrogen-bond acceptors (Lipinski definition) is 3. The van der Waals surface area contributed by atoms with Crippen molar-refractivity contribution >= 4 is 0 Å². The fourth-order valence-electron chi connectivity index (χ4n) is 0.964. The van der Waals surface area contributed by atoms with Crippen LogP contribution in [0.25, 0.3) is 0 Å². The van der Waals surface area contributed by atoms with Gasteiger partial charge in [-0.3, -0.25) is 9.78 Å². The first-order valence-electron chi connectivity index (χ1n) is 3.87. The average molecular weight is 223 g/mol. The molecule has 4 nitrogen and oxygen atoms in total. The van der Waals surface area contributed by atoms with E-state index in [0.717, 1.165) is 0 Å². The van der Waals surface area contributed by atoms with Gasteiger partial charge in [-0.15, -0.1) is 13.2 Å². The molecule has 0 spiro atoms. The van der Waals surface area contributed by atoms with Crippen molar-refractivity contribution < 1.29 is 22.6 Å². The summed E-state index contributed by atoms with van der Waals surface area (Å²) >= 11 is 0. The van der Waals surface area contributed by atoms with Crippen molar-refractivity contribution in [2.24, 2.45) is 0 Å². The summed E-state index contributed by atoms with van der Waals surface area (Å²) < 4.78 is 43.8. The van der Waals surface area contributed by atoms with Crippen LogP contribution in [0.2, 0.25) is 0 Å². The van der Waals surface area contributed by atoms with Gasteiger partial charge in [-0.05, 0) is 13.0 Å². The number of aromatic nitrogens is 1. The van der Waals surface area contributed by atoms with Gasteiger partial charge in [0, 0.05) is 5.56 Å². The highest BCUT2D eigenvalue weighted by Crippen LogP contribution is 2.24. The number of alkyl halides is 3. The number of aromatic amines is 1. The Morgan fingerprint density at radius 2 is 2.00 bits per heavy atom. The van der Waals surface area contributed by atoms with Crippen LogP contribution in [0.5, 0.6) is 11.6 Å². The van der Waals surface area contributed by atoms with E-state index in [1.54, 1.807) is 0 Å². The Morgan fingerprint density at radius 1 is 1.40 bits per heavy atom. The topological polar surface area (TPSA) is 51.3 Å². The lowest BCUT2D eigenvalue weighted by Crippen LogP contribution is -2.21. The molecule has 1 N–H and O–H groups in total. The maximum Gasteiger partial charge on any atom is 0.574 e. The van der Waals surface area contributed by atoms with Gasteiger partial charge < -0.3 is 9.47 Å². The highest BCUT2D eigenvalue weighted by molar-refractivity contribution is 5.32. The van der Waals surface area contributed by atoms with Crippen molar-refractivity contribution in [2.45, 2.75) is 13.3 Å². The lowest BCUT2D eigenvalue weighted by atomic mass is 10.3. The minimum atomic E-state index is -4.83. The highest BCUT2D eigenvalue weighted by atomic mass is 19.4. The molecular weight excluding hydrogens is 215 g/mol. The summed E-state index contributed by atoms with van der Waals surface area (Å²) in [6.07, 6.45) is -4.83. The Bertz CT molecular complexity index is 411. The van der Waals surface area contributed by atoms with E-state index in [-0.39, 0.29) is 11.3 Å². The molecule has 0 amide bonds. The molecule has 0 atom stereocenters. The molecule has 0 aliphatic heterocycles. The first kappa shape index (κ1) is 11.4. The van der Waals surface area contributed by atoms with E-state index >= 15 is 0 Å². The van der Waals surface area contributed by atoms with E-state index in [0.29, 0.717) is 0 Å². The van der Waals surface area contributed by atoms with Crippen molar-refractivity contribution in [3.8, 4) is 11.6 Å². The van der Waals surface area contributed by atoms with Crippen molar-refractivity contribution in [2.75, 3.05) is 7.11 Å². The Balaban J connectivity index is 3.11. The zero-order valence-electron chi connectivity index (χ0n) is 7.94. The third-order valence-electron chi connectivity index (χ3n) is 1.59. The second-order valence-corrected chi connectivity index (χ2v) is 2.73. The second-order valence-electron chi connectivity index (χ2n) is 2.73. The summed E-state index contributed by atoms with van der Waals surface area (Å²) in [7, 11) is 1.24. The van der Waals surface area contributed by atoms with Gasteiger partial charge in [0.05, 0.1) is 7.11 Å². The molecular formula is C8H8F3NO3. The maximum absolute atomic E-state index is 11.9. The molecule has 0 unspecified atom stereocenters. The minimum Gasteiger partial charge on any atom is -0.491 e. The molecule has 0 fully saturated rings. The second kappa shape index (κ2) is 3.84. The Kier molecular flexibility index (Phi) is 2.92. The third-order valence-corrected chi connectivity index (χ3v) is 1.59. The van der Waals surface area contributed by atoms with E-state index in [1.807, 2.05) is 4.98 Å². The zero-order chi connectivity index (χ0) is 11.6. The molecule has 15 heavy (non-hydrogen) atoms. The molecule has 0 aliphatic rings. The van der Waals surface area contributed by atoms with Crippen molar-refractivity contribution in [3.63, 3.8) is 0 Å². The molecule has 0 aromatic carbocycles. The number of nitrogens with one attached hydrogen (secondary N) is 1. The van der Waals surface area contributed by atoms with Crippen LogP contribution in [0.1, 0.15) is 5.56 Å². The van der Waals surface area contributed by atoms with Gasteiger partial charge in [-0.25, -0.2) is 0 Å². The molecule has 0 saturated heterocycles. The molecule has 0 saturated carbocycles. The van der Waals surface area contributed by atoms with E-state index in [9.17, 15) is 18.0 Å².